The summed E-state index contributed by atoms with van der Waals surface area (Å²) in [5, 5.41) is 2.81. The zero-order chi connectivity index (χ0) is 18.2. The number of hydrogen-bond donors (Lipinski definition) is 2. The molecular formula is C18H27N3O4. The summed E-state index contributed by atoms with van der Waals surface area (Å²) in [6.45, 7) is 1.99. The average Bonchev–Trinajstić information content (AvgIpc) is 2.66. The highest BCUT2D eigenvalue weighted by atomic mass is 16.5. The molecule has 2 rings (SSSR count). The Kier molecular flexibility index (Phi) is 7.06. The highest BCUT2D eigenvalue weighted by Crippen LogP contribution is 2.26. The first-order chi connectivity index (χ1) is 12.1. The Hall–Kier alpha value is -2.28. The van der Waals surface area contributed by atoms with Gasteiger partial charge in [-0.2, -0.15) is 0 Å². The highest BCUT2D eigenvalue weighted by molar-refractivity contribution is 5.82. The number of carbonyl (C=O) groups is 2. The van der Waals surface area contributed by atoms with Crippen LogP contribution < -0.4 is 20.5 Å². The summed E-state index contributed by atoms with van der Waals surface area (Å²) < 4.78 is 10.6. The van der Waals surface area contributed by atoms with Crippen molar-refractivity contribution in [2.24, 2.45) is 11.7 Å². The van der Waals surface area contributed by atoms with Gasteiger partial charge < -0.3 is 25.4 Å². The lowest BCUT2D eigenvalue weighted by atomic mass is 9.96. The lowest BCUT2D eigenvalue weighted by Crippen LogP contribution is -2.46. The molecule has 2 amide bonds. The molecule has 25 heavy (non-hydrogen) atoms. The molecule has 3 N–H and O–H groups in total. The zero-order valence-electron chi connectivity index (χ0n) is 14.9. The minimum atomic E-state index is -0.170. The Bertz CT molecular complexity index is 606. The topological polar surface area (TPSA) is 93.9 Å². The van der Waals surface area contributed by atoms with E-state index in [1.807, 2.05) is 6.07 Å². The van der Waals surface area contributed by atoms with E-state index in [9.17, 15) is 9.59 Å². The fourth-order valence-electron chi connectivity index (χ4n) is 3.05. The second-order valence-electron chi connectivity index (χ2n) is 6.11. The summed E-state index contributed by atoms with van der Waals surface area (Å²) in [5.41, 5.74) is 6.20. The van der Waals surface area contributed by atoms with Crippen LogP contribution in [-0.2, 0) is 16.0 Å². The van der Waals surface area contributed by atoms with Crippen molar-refractivity contribution in [3.63, 3.8) is 0 Å². The van der Waals surface area contributed by atoms with E-state index in [2.05, 4.69) is 5.32 Å². The number of nitrogens with one attached hydrogen (secondary N) is 1. The molecule has 0 saturated carbocycles. The van der Waals surface area contributed by atoms with Gasteiger partial charge in [-0.1, -0.05) is 0 Å². The third-order valence-corrected chi connectivity index (χ3v) is 4.42. The SMILES string of the molecule is COc1ccc(OC)c(CC(=O)N2CCCC(C(=O)NCCN)C2)c1. The minimum Gasteiger partial charge on any atom is -0.497 e. The van der Waals surface area contributed by atoms with Gasteiger partial charge in [-0.3, -0.25) is 9.59 Å². The maximum Gasteiger partial charge on any atom is 0.227 e. The van der Waals surface area contributed by atoms with Crippen molar-refractivity contribution in [1.29, 1.82) is 0 Å². The van der Waals surface area contributed by atoms with Gasteiger partial charge in [-0.05, 0) is 31.0 Å². The lowest BCUT2D eigenvalue weighted by Gasteiger charge is -2.32. The Balaban J connectivity index is 2.01. The van der Waals surface area contributed by atoms with Gasteiger partial charge in [0.15, 0.2) is 0 Å². The molecule has 138 valence electrons. The van der Waals surface area contributed by atoms with Crippen molar-refractivity contribution < 1.29 is 19.1 Å². The highest BCUT2D eigenvalue weighted by Gasteiger charge is 2.28. The number of hydrogen-bond acceptors (Lipinski definition) is 5. The monoisotopic (exact) mass is 349 g/mol. The van der Waals surface area contributed by atoms with E-state index in [4.69, 9.17) is 15.2 Å². The molecule has 1 heterocycles. The van der Waals surface area contributed by atoms with Crippen molar-refractivity contribution in [1.82, 2.24) is 10.2 Å². The molecule has 1 saturated heterocycles. The number of nitrogens with two attached hydrogens (primary N) is 1. The maximum absolute atomic E-state index is 12.7. The first-order valence-corrected chi connectivity index (χ1v) is 8.55. The van der Waals surface area contributed by atoms with Crippen molar-refractivity contribution in [3.8, 4) is 11.5 Å². The summed E-state index contributed by atoms with van der Waals surface area (Å²) in [6, 6.07) is 5.40. The molecule has 0 radical (unpaired) electrons. The number of ether oxygens (including phenoxy) is 2. The quantitative estimate of drug-likeness (QED) is 0.750. The van der Waals surface area contributed by atoms with E-state index in [1.165, 1.54) is 0 Å². The molecule has 1 aromatic carbocycles. The summed E-state index contributed by atoms with van der Waals surface area (Å²) in [4.78, 5) is 26.6. The molecule has 7 heteroatoms. The van der Waals surface area contributed by atoms with Crippen molar-refractivity contribution in [2.45, 2.75) is 19.3 Å². The van der Waals surface area contributed by atoms with E-state index < -0.39 is 0 Å². The number of nitrogens with zero attached hydrogens (tertiary/aromatic N) is 1. The number of likely N-dealkylation sites (tertiary alicyclic amines) is 1. The predicted molar refractivity (Wildman–Crippen MR) is 94.6 cm³/mol. The van der Waals surface area contributed by atoms with Crippen LogP contribution in [0.4, 0.5) is 0 Å². The van der Waals surface area contributed by atoms with E-state index in [0.717, 1.165) is 18.4 Å². The van der Waals surface area contributed by atoms with Gasteiger partial charge in [0, 0.05) is 31.7 Å². The van der Waals surface area contributed by atoms with Crippen LogP contribution in [0.15, 0.2) is 18.2 Å². The molecule has 1 atom stereocenters. The van der Waals surface area contributed by atoms with Crippen molar-refractivity contribution in [3.05, 3.63) is 23.8 Å². The first-order valence-electron chi connectivity index (χ1n) is 8.55. The van der Waals surface area contributed by atoms with Gasteiger partial charge in [-0.15, -0.1) is 0 Å². The lowest BCUT2D eigenvalue weighted by molar-refractivity contribution is -0.135. The Morgan fingerprint density at radius 2 is 2.12 bits per heavy atom. The van der Waals surface area contributed by atoms with E-state index in [-0.39, 0.29) is 24.2 Å². The van der Waals surface area contributed by atoms with Crippen LogP contribution in [-0.4, -0.2) is 57.1 Å². The fourth-order valence-corrected chi connectivity index (χ4v) is 3.05. The number of carbonyl (C=O) groups excluding carboxylic acids is 2. The molecule has 1 aliphatic rings. The van der Waals surface area contributed by atoms with E-state index in [1.54, 1.807) is 31.3 Å². The number of piperidine rings is 1. The Labute approximate surface area is 148 Å². The third-order valence-electron chi connectivity index (χ3n) is 4.42. The van der Waals surface area contributed by atoms with Crippen LogP contribution in [0.25, 0.3) is 0 Å². The zero-order valence-corrected chi connectivity index (χ0v) is 14.9. The summed E-state index contributed by atoms with van der Waals surface area (Å²) in [7, 11) is 3.16. The van der Waals surface area contributed by atoms with Crippen LogP contribution in [0.2, 0.25) is 0 Å². The number of rotatable bonds is 7. The molecule has 1 aliphatic heterocycles. The second kappa shape index (κ2) is 9.27. The summed E-state index contributed by atoms with van der Waals surface area (Å²) in [5.74, 6) is 1.13. The van der Waals surface area contributed by atoms with Crippen LogP contribution in [0.1, 0.15) is 18.4 Å². The number of benzene rings is 1. The normalized spacial score (nSPS) is 17.1. The molecule has 7 nitrogen and oxygen atoms in total. The van der Waals surface area contributed by atoms with Gasteiger partial charge in [0.2, 0.25) is 11.8 Å². The average molecular weight is 349 g/mol. The van der Waals surface area contributed by atoms with Crippen molar-refractivity contribution >= 4 is 11.8 Å². The standard InChI is InChI=1S/C18H27N3O4/c1-24-15-5-6-16(25-2)14(10-15)11-17(22)21-9-3-4-13(12-21)18(23)20-8-7-19/h5-6,10,13H,3-4,7-9,11-12,19H2,1-2H3,(H,20,23). The predicted octanol–water partition coefficient (Wildman–Crippen LogP) is 0.560. The molecule has 0 aromatic heterocycles. The van der Waals surface area contributed by atoms with E-state index >= 15 is 0 Å². The number of methoxy groups -OCH3 is 2. The molecule has 1 unspecified atom stereocenters. The van der Waals surface area contributed by atoms with Crippen LogP contribution in [0, 0.1) is 5.92 Å². The first kappa shape index (κ1) is 19.1. The van der Waals surface area contributed by atoms with Gasteiger partial charge in [0.05, 0.1) is 26.6 Å². The maximum atomic E-state index is 12.7. The van der Waals surface area contributed by atoms with Gasteiger partial charge in [0.1, 0.15) is 11.5 Å². The molecule has 0 bridgehead atoms. The van der Waals surface area contributed by atoms with Crippen LogP contribution >= 0.6 is 0 Å². The molecule has 1 fully saturated rings. The molecule has 0 spiro atoms. The summed E-state index contributed by atoms with van der Waals surface area (Å²) >= 11 is 0. The second-order valence-corrected chi connectivity index (χ2v) is 6.11. The number of amides is 2. The Morgan fingerprint density at radius 1 is 1.32 bits per heavy atom. The molecular weight excluding hydrogens is 322 g/mol. The van der Waals surface area contributed by atoms with Gasteiger partial charge >= 0.3 is 0 Å². The smallest absolute Gasteiger partial charge is 0.227 e. The third kappa shape index (κ3) is 5.09. The molecule has 0 aliphatic carbocycles. The van der Waals surface area contributed by atoms with Crippen LogP contribution in [0.3, 0.4) is 0 Å². The largest absolute Gasteiger partial charge is 0.497 e. The van der Waals surface area contributed by atoms with Crippen LogP contribution in [0.5, 0.6) is 11.5 Å². The molecule has 1 aromatic rings. The Morgan fingerprint density at radius 3 is 2.80 bits per heavy atom. The fraction of sp³-hybridized carbons (Fsp3) is 0.556. The van der Waals surface area contributed by atoms with Gasteiger partial charge in [0.25, 0.3) is 0 Å². The van der Waals surface area contributed by atoms with Crippen molar-refractivity contribution in [2.75, 3.05) is 40.4 Å². The van der Waals surface area contributed by atoms with Gasteiger partial charge in [-0.25, -0.2) is 0 Å². The van der Waals surface area contributed by atoms with E-state index in [0.29, 0.717) is 37.7 Å². The minimum absolute atomic E-state index is 0.0112. The summed E-state index contributed by atoms with van der Waals surface area (Å²) in [6.07, 6.45) is 1.84.